The highest BCUT2D eigenvalue weighted by Crippen LogP contribution is 2.45. The molecule has 0 bridgehead atoms. The second kappa shape index (κ2) is 71.3. The van der Waals surface area contributed by atoms with E-state index in [1.165, 1.54) is 231 Å². The van der Waals surface area contributed by atoms with Crippen LogP contribution in [-0.4, -0.2) is 96.7 Å². The first-order chi connectivity index (χ1) is 48.3. The molecule has 7 atom stereocenters. The molecule has 0 rings (SSSR count). The molecule has 0 saturated heterocycles. The van der Waals surface area contributed by atoms with Gasteiger partial charge in [-0.1, -0.05) is 370 Å². The van der Waals surface area contributed by atoms with Crippen LogP contribution in [0.1, 0.15) is 421 Å². The van der Waals surface area contributed by atoms with Crippen LogP contribution in [0.3, 0.4) is 0 Å². The van der Waals surface area contributed by atoms with E-state index in [9.17, 15) is 43.2 Å². The van der Waals surface area contributed by atoms with Crippen molar-refractivity contribution in [1.82, 2.24) is 0 Å². The third-order valence-corrected chi connectivity index (χ3v) is 21.5. The highest BCUT2D eigenvalue weighted by atomic mass is 31.2. The van der Waals surface area contributed by atoms with Gasteiger partial charge in [-0.15, -0.1) is 0 Å². The molecule has 4 unspecified atom stereocenters. The number of unbranched alkanes of at least 4 members (excludes halogenated alkanes) is 45. The molecule has 594 valence electrons. The van der Waals surface area contributed by atoms with Crippen LogP contribution in [-0.2, 0) is 65.4 Å². The molecular formula is C81H158O17P2. The molecule has 0 aromatic heterocycles. The number of rotatable bonds is 79. The predicted octanol–water partition coefficient (Wildman–Crippen LogP) is 24.1. The van der Waals surface area contributed by atoms with Crippen molar-refractivity contribution in [3.63, 3.8) is 0 Å². The van der Waals surface area contributed by atoms with Gasteiger partial charge in [-0.05, 0) is 43.4 Å². The van der Waals surface area contributed by atoms with Crippen LogP contribution in [0, 0.1) is 17.8 Å². The molecule has 0 amide bonds. The molecule has 0 aromatic rings. The van der Waals surface area contributed by atoms with Crippen LogP contribution in [0.2, 0.25) is 0 Å². The van der Waals surface area contributed by atoms with Gasteiger partial charge in [-0.2, -0.15) is 0 Å². The van der Waals surface area contributed by atoms with Crippen molar-refractivity contribution in [2.75, 3.05) is 39.6 Å². The fraction of sp³-hybridized carbons (Fsp3) is 0.951. The monoisotopic (exact) mass is 1470 g/mol. The number of hydrogen-bond donors (Lipinski definition) is 3. The molecule has 0 heterocycles. The van der Waals surface area contributed by atoms with Gasteiger partial charge in [0.15, 0.2) is 12.2 Å². The van der Waals surface area contributed by atoms with Gasteiger partial charge >= 0.3 is 39.5 Å². The number of aliphatic hydroxyl groups excluding tert-OH is 1. The number of aliphatic hydroxyl groups is 1. The molecule has 0 spiro atoms. The van der Waals surface area contributed by atoms with Gasteiger partial charge in [0.1, 0.15) is 19.3 Å². The number of phosphoric ester groups is 2. The van der Waals surface area contributed by atoms with Crippen molar-refractivity contribution in [2.24, 2.45) is 17.8 Å². The van der Waals surface area contributed by atoms with Crippen LogP contribution in [0.5, 0.6) is 0 Å². The summed E-state index contributed by atoms with van der Waals surface area (Å²) in [6.07, 6.45) is 59.6. The highest BCUT2D eigenvalue weighted by molar-refractivity contribution is 7.47. The largest absolute Gasteiger partial charge is 0.472 e. The maximum Gasteiger partial charge on any atom is 0.472 e. The van der Waals surface area contributed by atoms with Crippen LogP contribution >= 0.6 is 15.6 Å². The van der Waals surface area contributed by atoms with Crippen molar-refractivity contribution in [2.45, 2.75) is 439 Å². The van der Waals surface area contributed by atoms with Gasteiger partial charge in [0.25, 0.3) is 0 Å². The molecule has 0 saturated carbocycles. The summed E-state index contributed by atoms with van der Waals surface area (Å²) >= 11 is 0. The molecule has 0 aromatic carbocycles. The number of hydrogen-bond acceptors (Lipinski definition) is 15. The van der Waals surface area contributed by atoms with E-state index in [2.05, 4.69) is 48.5 Å². The first-order valence-electron chi connectivity index (χ1n) is 41.9. The summed E-state index contributed by atoms with van der Waals surface area (Å²) in [5.41, 5.74) is 0. The molecule has 0 aliphatic carbocycles. The molecule has 0 fully saturated rings. The fourth-order valence-corrected chi connectivity index (χ4v) is 14.0. The summed E-state index contributed by atoms with van der Waals surface area (Å²) < 4.78 is 68.7. The third kappa shape index (κ3) is 71.7. The Kier molecular flexibility index (Phi) is 69.9. The van der Waals surface area contributed by atoms with Gasteiger partial charge in [-0.25, -0.2) is 9.13 Å². The first-order valence-corrected chi connectivity index (χ1v) is 44.9. The Hall–Kier alpha value is -1.94. The Morgan fingerprint density at radius 2 is 0.510 bits per heavy atom. The lowest BCUT2D eigenvalue weighted by Gasteiger charge is -2.21. The van der Waals surface area contributed by atoms with Crippen LogP contribution in [0.4, 0.5) is 0 Å². The summed E-state index contributed by atoms with van der Waals surface area (Å²) in [7, 11) is -9.92. The number of phosphoric acid groups is 2. The lowest BCUT2D eigenvalue weighted by Crippen LogP contribution is -2.30. The average Bonchev–Trinajstić information content (AvgIpc) is 0.936. The molecule has 100 heavy (non-hydrogen) atoms. The molecule has 3 N–H and O–H groups in total. The van der Waals surface area contributed by atoms with Gasteiger partial charge < -0.3 is 33.8 Å². The first kappa shape index (κ1) is 98.1. The molecular weight excluding hydrogens is 1310 g/mol. The van der Waals surface area contributed by atoms with Crippen molar-refractivity contribution < 1.29 is 80.2 Å². The fourth-order valence-electron chi connectivity index (χ4n) is 12.4. The quantitative estimate of drug-likeness (QED) is 0.0222. The van der Waals surface area contributed by atoms with Crippen molar-refractivity contribution in [3.05, 3.63) is 0 Å². The Balaban J connectivity index is 5.24. The van der Waals surface area contributed by atoms with E-state index in [4.69, 9.17) is 37.0 Å². The normalized spacial score (nSPS) is 14.5. The molecule has 19 heteroatoms. The molecule has 0 aliphatic rings. The lowest BCUT2D eigenvalue weighted by molar-refractivity contribution is -0.161. The Morgan fingerprint density at radius 3 is 0.760 bits per heavy atom. The van der Waals surface area contributed by atoms with Gasteiger partial charge in [0, 0.05) is 25.7 Å². The van der Waals surface area contributed by atoms with Gasteiger partial charge in [-0.3, -0.25) is 37.3 Å². The number of carbonyl (C=O) groups excluding carboxylic acids is 4. The van der Waals surface area contributed by atoms with Crippen molar-refractivity contribution >= 4 is 39.5 Å². The SMILES string of the molecule is CCCCCCCCCCCCCCCCCCCCCCCC(=O)O[C@H](COC(=O)CCCCCCCCCCCCC(C)CC)COP(=O)(O)OC[C@@H](O)COP(=O)(O)OC[C@@H](COC(=O)CCCCCCCCCCC(C)C)OC(=O)CCCCCCCCCCCCC(C)CC. The second-order valence-electron chi connectivity index (χ2n) is 30.1. The van der Waals surface area contributed by atoms with E-state index in [0.29, 0.717) is 25.7 Å². The molecule has 0 radical (unpaired) electrons. The van der Waals surface area contributed by atoms with E-state index in [-0.39, 0.29) is 25.7 Å². The van der Waals surface area contributed by atoms with E-state index in [1.54, 1.807) is 0 Å². The minimum absolute atomic E-state index is 0.106. The van der Waals surface area contributed by atoms with E-state index >= 15 is 0 Å². The summed E-state index contributed by atoms with van der Waals surface area (Å²) in [6, 6.07) is 0. The third-order valence-electron chi connectivity index (χ3n) is 19.6. The molecule has 17 nitrogen and oxygen atoms in total. The minimum atomic E-state index is -4.96. The Bertz CT molecular complexity index is 1940. The maximum absolute atomic E-state index is 13.1. The maximum atomic E-state index is 13.1. The smallest absolute Gasteiger partial charge is 0.462 e. The second-order valence-corrected chi connectivity index (χ2v) is 33.0. The van der Waals surface area contributed by atoms with Crippen molar-refractivity contribution in [3.8, 4) is 0 Å². The lowest BCUT2D eigenvalue weighted by atomic mass is 9.99. The van der Waals surface area contributed by atoms with E-state index in [1.807, 2.05) is 0 Å². The zero-order chi connectivity index (χ0) is 73.7. The Morgan fingerprint density at radius 1 is 0.290 bits per heavy atom. The number of carbonyl (C=O) groups is 4. The van der Waals surface area contributed by atoms with E-state index in [0.717, 1.165) is 108 Å². The predicted molar refractivity (Wildman–Crippen MR) is 409 cm³/mol. The zero-order valence-electron chi connectivity index (χ0n) is 65.7. The van der Waals surface area contributed by atoms with Crippen molar-refractivity contribution in [1.29, 1.82) is 0 Å². The summed E-state index contributed by atoms with van der Waals surface area (Å²) in [5, 5.41) is 10.6. The van der Waals surface area contributed by atoms with E-state index < -0.39 is 97.5 Å². The Labute approximate surface area is 613 Å². The summed E-state index contributed by atoms with van der Waals surface area (Å²) in [6.45, 7) is 12.0. The standard InChI is InChI=1S/C81H158O17P2/c1-8-11-12-13-14-15-16-17-18-19-20-21-22-23-24-25-26-34-43-50-57-64-80(85)97-76(68-91-78(83)62-55-48-41-33-29-27-31-39-46-53-60-73(6)9-2)70-95-99(87,88)93-66-75(82)67-94-100(89,90)96-71-77(69-92-79(84)63-56-49-42-37-36-38-45-52-59-72(4)5)98-81(86)65-58-51-44-35-30-28-32-40-47-54-61-74(7)10-3/h72-77,82H,8-71H2,1-7H3,(H,87,88)(H,89,90)/t73?,74?,75-,76-,77-/m1/s1. The average molecular weight is 1470 g/mol. The highest BCUT2D eigenvalue weighted by Gasteiger charge is 2.30. The van der Waals surface area contributed by atoms with Gasteiger partial charge in [0.05, 0.1) is 26.4 Å². The topological polar surface area (TPSA) is 237 Å². The van der Waals surface area contributed by atoms with Crippen LogP contribution < -0.4 is 0 Å². The minimum Gasteiger partial charge on any atom is -0.462 e. The number of ether oxygens (including phenoxy) is 4. The van der Waals surface area contributed by atoms with Gasteiger partial charge in [0.2, 0.25) is 0 Å². The van der Waals surface area contributed by atoms with Crippen LogP contribution in [0.15, 0.2) is 0 Å². The molecule has 0 aliphatic heterocycles. The zero-order valence-corrected chi connectivity index (χ0v) is 67.5. The van der Waals surface area contributed by atoms with Crippen LogP contribution in [0.25, 0.3) is 0 Å². The summed E-state index contributed by atoms with van der Waals surface area (Å²) in [4.78, 5) is 73.0. The summed E-state index contributed by atoms with van der Waals surface area (Å²) in [5.74, 6) is 0.226. The number of esters is 4.